The third kappa shape index (κ3) is 11.4. The predicted octanol–water partition coefficient (Wildman–Crippen LogP) is 1.57. The number of carbonyl (C=O) groups is 6. The molecule has 2 aromatic rings. The number of rotatable bonds is 20. The highest BCUT2D eigenvalue weighted by Crippen LogP contribution is 2.34. The van der Waals surface area contributed by atoms with Gasteiger partial charge >= 0.3 is 0 Å². The fourth-order valence-corrected chi connectivity index (χ4v) is 9.30. The van der Waals surface area contributed by atoms with E-state index in [0.29, 0.717) is 151 Å². The molecule has 7 rings (SSSR count). The summed E-state index contributed by atoms with van der Waals surface area (Å²) in [5, 5.41) is 12.4. The van der Waals surface area contributed by atoms with Crippen LogP contribution in [0, 0.1) is 11.8 Å². The van der Waals surface area contributed by atoms with E-state index in [-0.39, 0.29) is 47.5 Å². The Balaban J connectivity index is 0.921. The van der Waals surface area contributed by atoms with Gasteiger partial charge < -0.3 is 63.1 Å². The molecule has 3 saturated carbocycles. The minimum atomic E-state index is -0.696. The molecule has 18 nitrogen and oxygen atoms in total. The number of hydrogen-bond acceptors (Lipinski definition) is 10. The van der Waals surface area contributed by atoms with Gasteiger partial charge in [0.2, 0.25) is 23.6 Å². The maximum Gasteiger partial charge on any atom is 0.268 e. The standard InChI is InChI=1S/C44H68N12O6/c45-17-1-5-33(47)43(61)55-19-3-7-35(55)39(57)51-31-21-37(53(25-31)23-27-9-10-27)41(59)49-29-13-15-30(16-14-29)50-42(60)38-22-32(26-54(38)24-28-11-12-28)52-40(58)36-8-4-20-56(36)44(62)34(48)6-2-18-46/h21-22,25-30,33-36H,1-20,23-24,45-48H2,(H,49,59)(H,50,60)(H,51,57)(H,52,58). The fourth-order valence-electron chi connectivity index (χ4n) is 9.30. The number of carbonyl (C=O) groups excluding carboxylic acids is 6. The van der Waals surface area contributed by atoms with Crippen LogP contribution in [0.2, 0.25) is 0 Å². The van der Waals surface area contributed by atoms with E-state index in [1.54, 1.807) is 21.9 Å². The molecule has 0 bridgehead atoms. The van der Waals surface area contributed by atoms with Crippen LogP contribution in [0.5, 0.6) is 0 Å². The normalized spacial score (nSPS) is 23.5. The molecule has 3 aliphatic carbocycles. The van der Waals surface area contributed by atoms with E-state index < -0.39 is 24.2 Å². The van der Waals surface area contributed by atoms with Gasteiger partial charge in [0, 0.05) is 50.7 Å². The Labute approximate surface area is 363 Å². The number of nitrogens with zero attached hydrogens (tertiary/aromatic N) is 4. The van der Waals surface area contributed by atoms with Crippen molar-refractivity contribution in [3.63, 3.8) is 0 Å². The number of likely N-dealkylation sites (tertiary alicyclic amines) is 2. The molecule has 4 unspecified atom stereocenters. The number of nitrogens with two attached hydrogens (primary N) is 4. The van der Waals surface area contributed by atoms with Crippen LogP contribution in [0.15, 0.2) is 24.5 Å². The summed E-state index contributed by atoms with van der Waals surface area (Å²) in [6, 6.07) is 0.616. The Kier molecular flexibility index (Phi) is 15.0. The summed E-state index contributed by atoms with van der Waals surface area (Å²) in [6.45, 7) is 3.20. The first kappa shape index (κ1) is 45.3. The van der Waals surface area contributed by atoms with Gasteiger partial charge in [-0.05, 0) is 140 Å². The topological polar surface area (TPSA) is 271 Å². The van der Waals surface area contributed by atoms with Crippen LogP contribution >= 0.6 is 0 Å². The molecular weight excluding hydrogens is 793 g/mol. The van der Waals surface area contributed by atoms with Crippen LogP contribution in [-0.2, 0) is 32.3 Å². The maximum atomic E-state index is 13.8. The van der Waals surface area contributed by atoms with Crippen molar-refractivity contribution in [1.29, 1.82) is 0 Å². The van der Waals surface area contributed by atoms with Gasteiger partial charge in [0.05, 0.1) is 23.5 Å². The molecule has 2 saturated heterocycles. The Morgan fingerprint density at radius 2 is 0.968 bits per heavy atom. The molecule has 62 heavy (non-hydrogen) atoms. The average molecular weight is 861 g/mol. The molecule has 18 heteroatoms. The molecule has 2 aromatic heterocycles. The Bertz CT molecular complexity index is 1790. The van der Waals surface area contributed by atoms with Crippen LogP contribution in [0.3, 0.4) is 0 Å². The van der Waals surface area contributed by atoms with Crippen molar-refractivity contribution < 1.29 is 28.8 Å². The lowest BCUT2D eigenvalue weighted by molar-refractivity contribution is -0.138. The summed E-state index contributed by atoms with van der Waals surface area (Å²) in [6.07, 6.45) is 15.4. The van der Waals surface area contributed by atoms with Gasteiger partial charge in [0.25, 0.3) is 11.8 Å². The zero-order valence-electron chi connectivity index (χ0n) is 36.0. The number of nitrogens with one attached hydrogen (secondary N) is 4. The Morgan fingerprint density at radius 1 is 0.581 bits per heavy atom. The predicted molar refractivity (Wildman–Crippen MR) is 235 cm³/mol. The van der Waals surface area contributed by atoms with E-state index in [4.69, 9.17) is 22.9 Å². The lowest BCUT2D eigenvalue weighted by Crippen LogP contribution is -2.49. The minimum absolute atomic E-state index is 0.0858. The average Bonchev–Trinajstić information content (AvgIpc) is 3.99. The van der Waals surface area contributed by atoms with E-state index in [1.807, 2.05) is 21.5 Å². The monoisotopic (exact) mass is 861 g/mol. The first-order chi connectivity index (χ1) is 29.9. The largest absolute Gasteiger partial charge is 0.348 e. The second-order valence-corrected chi connectivity index (χ2v) is 18.3. The van der Waals surface area contributed by atoms with E-state index in [9.17, 15) is 28.8 Å². The van der Waals surface area contributed by atoms with E-state index in [0.717, 1.165) is 25.7 Å². The van der Waals surface area contributed by atoms with Crippen molar-refractivity contribution in [2.45, 2.75) is 152 Å². The Morgan fingerprint density at radius 3 is 1.32 bits per heavy atom. The summed E-state index contributed by atoms with van der Waals surface area (Å²) in [7, 11) is 0. The minimum Gasteiger partial charge on any atom is -0.348 e. The molecule has 0 spiro atoms. The van der Waals surface area contributed by atoms with Crippen LogP contribution < -0.4 is 44.2 Å². The van der Waals surface area contributed by atoms with Crippen LogP contribution in [-0.4, -0.2) is 117 Å². The second kappa shape index (κ2) is 20.6. The number of amides is 6. The zero-order valence-corrected chi connectivity index (χ0v) is 36.0. The lowest BCUT2D eigenvalue weighted by atomic mass is 9.91. The van der Waals surface area contributed by atoms with E-state index >= 15 is 0 Å². The molecular formula is C44H68N12O6. The van der Waals surface area contributed by atoms with Gasteiger partial charge in [-0.1, -0.05) is 0 Å². The van der Waals surface area contributed by atoms with Gasteiger partial charge in [-0.3, -0.25) is 28.8 Å². The summed E-state index contributed by atoms with van der Waals surface area (Å²) >= 11 is 0. The molecule has 4 atom stereocenters. The lowest BCUT2D eigenvalue weighted by Gasteiger charge is -2.30. The molecule has 6 amide bonds. The highest BCUT2D eigenvalue weighted by atomic mass is 16.2. The van der Waals surface area contributed by atoms with E-state index in [2.05, 4.69) is 21.3 Å². The number of hydrogen-bond donors (Lipinski definition) is 8. The summed E-state index contributed by atoms with van der Waals surface area (Å²) in [5.41, 5.74) is 25.5. The molecule has 12 N–H and O–H groups in total. The van der Waals surface area contributed by atoms with Gasteiger partial charge in [-0.15, -0.1) is 0 Å². The number of anilines is 2. The smallest absolute Gasteiger partial charge is 0.268 e. The quantitative estimate of drug-likeness (QED) is 0.0952. The van der Waals surface area contributed by atoms with Crippen LogP contribution in [0.25, 0.3) is 0 Å². The molecule has 0 aromatic carbocycles. The van der Waals surface area contributed by atoms with Crippen molar-refractivity contribution in [2.24, 2.45) is 34.8 Å². The molecule has 4 heterocycles. The second-order valence-electron chi connectivity index (χ2n) is 18.3. The Hall–Kier alpha value is -4.78. The van der Waals surface area contributed by atoms with Crippen LogP contribution in [0.1, 0.15) is 124 Å². The third-order valence-electron chi connectivity index (χ3n) is 13.2. The molecule has 340 valence electrons. The van der Waals surface area contributed by atoms with Crippen molar-refractivity contribution >= 4 is 46.8 Å². The van der Waals surface area contributed by atoms with Crippen molar-refractivity contribution in [2.75, 3.05) is 36.8 Å². The van der Waals surface area contributed by atoms with E-state index in [1.165, 1.54) is 0 Å². The highest BCUT2D eigenvalue weighted by molar-refractivity contribution is 6.01. The van der Waals surface area contributed by atoms with Gasteiger partial charge in [-0.25, -0.2) is 0 Å². The third-order valence-corrected chi connectivity index (χ3v) is 13.2. The summed E-state index contributed by atoms with van der Waals surface area (Å²) < 4.78 is 3.84. The van der Waals surface area contributed by atoms with Gasteiger partial charge in [-0.2, -0.15) is 0 Å². The molecule has 0 radical (unpaired) electrons. The van der Waals surface area contributed by atoms with Gasteiger partial charge in [0.1, 0.15) is 23.5 Å². The zero-order chi connectivity index (χ0) is 43.9. The van der Waals surface area contributed by atoms with Crippen molar-refractivity contribution in [3.05, 3.63) is 35.9 Å². The molecule has 5 aliphatic rings. The fraction of sp³-hybridized carbons (Fsp3) is 0.682. The summed E-state index contributed by atoms with van der Waals surface area (Å²) in [5.74, 6) is -0.515. The SMILES string of the molecule is NCCCC(N)C(=O)N1CCCC1C(=O)Nc1cc(C(=O)NC2CCC(NC(=O)c3cc(NC(=O)C4CCCN4C(=O)C(N)CCCN)cn3CC3CC3)CC2)n(CC2CC2)c1. The van der Waals surface area contributed by atoms with Crippen molar-refractivity contribution in [1.82, 2.24) is 29.6 Å². The van der Waals surface area contributed by atoms with Crippen molar-refractivity contribution in [3.8, 4) is 0 Å². The highest BCUT2D eigenvalue weighted by Gasteiger charge is 2.38. The molecule has 2 aliphatic heterocycles. The summed E-state index contributed by atoms with van der Waals surface area (Å²) in [4.78, 5) is 83.9. The van der Waals surface area contributed by atoms with Gasteiger partial charge in [0.15, 0.2) is 0 Å². The first-order valence-electron chi connectivity index (χ1n) is 23.1. The maximum absolute atomic E-state index is 13.8. The number of aromatic nitrogens is 2. The molecule has 5 fully saturated rings. The van der Waals surface area contributed by atoms with Crippen LogP contribution in [0.4, 0.5) is 11.4 Å². The first-order valence-corrected chi connectivity index (χ1v) is 23.1.